The van der Waals surface area contributed by atoms with Crippen molar-refractivity contribution in [2.24, 2.45) is 0 Å². The van der Waals surface area contributed by atoms with Crippen molar-refractivity contribution in [3.8, 4) is 0 Å². The Kier molecular flexibility index (Phi) is 4.50. The molecule has 2 aliphatic heterocycles. The number of hydrogen-bond acceptors (Lipinski definition) is 3. The zero-order valence-corrected chi connectivity index (χ0v) is 14.8. The highest BCUT2D eigenvalue weighted by Gasteiger charge is 2.23. The van der Waals surface area contributed by atoms with Crippen LogP contribution in [0.1, 0.15) is 23.2 Å². The van der Waals surface area contributed by atoms with Crippen LogP contribution in [0.25, 0.3) is 5.57 Å². The minimum atomic E-state index is -0.902. The van der Waals surface area contributed by atoms with Crippen LogP contribution in [0.4, 0.5) is 15.3 Å². The summed E-state index contributed by atoms with van der Waals surface area (Å²) in [6, 6.07) is 11.6. The van der Waals surface area contributed by atoms with Crippen LogP contribution in [0.3, 0.4) is 0 Å². The summed E-state index contributed by atoms with van der Waals surface area (Å²) in [4.78, 5) is 31.0. The molecule has 0 bridgehead atoms. The average Bonchev–Trinajstić information content (AvgIpc) is 3.13. The second-order valence-electron chi connectivity index (χ2n) is 6.69. The third kappa shape index (κ3) is 3.62. The van der Waals surface area contributed by atoms with Crippen LogP contribution in [-0.4, -0.2) is 45.1 Å². The fourth-order valence-corrected chi connectivity index (χ4v) is 3.41. The van der Waals surface area contributed by atoms with E-state index < -0.39 is 6.09 Å². The number of pyridine rings is 1. The van der Waals surface area contributed by atoms with Gasteiger partial charge in [0.1, 0.15) is 0 Å². The molecule has 7 heteroatoms. The number of urea groups is 1. The Balaban J connectivity index is 1.37. The zero-order chi connectivity index (χ0) is 18.8. The van der Waals surface area contributed by atoms with E-state index in [0.717, 1.165) is 11.3 Å². The Morgan fingerprint density at radius 3 is 2.33 bits per heavy atom. The number of fused-ring (bicyclic) bond motifs is 1. The van der Waals surface area contributed by atoms with Crippen molar-refractivity contribution in [2.75, 3.05) is 18.4 Å². The summed E-state index contributed by atoms with van der Waals surface area (Å²) in [7, 11) is 0. The van der Waals surface area contributed by atoms with Crippen LogP contribution < -0.4 is 5.32 Å². The van der Waals surface area contributed by atoms with Crippen LogP contribution >= 0.6 is 0 Å². The lowest BCUT2D eigenvalue weighted by Gasteiger charge is -2.23. The van der Waals surface area contributed by atoms with E-state index in [4.69, 9.17) is 5.11 Å². The van der Waals surface area contributed by atoms with Gasteiger partial charge in [0.15, 0.2) is 0 Å². The molecule has 0 radical (unpaired) electrons. The first-order valence-electron chi connectivity index (χ1n) is 8.86. The molecule has 2 N–H and O–H groups in total. The molecule has 0 atom stereocenters. The Morgan fingerprint density at radius 1 is 1.04 bits per heavy atom. The van der Waals surface area contributed by atoms with Crippen molar-refractivity contribution in [3.05, 3.63) is 65.5 Å². The van der Waals surface area contributed by atoms with Crippen LogP contribution in [0, 0.1) is 0 Å². The van der Waals surface area contributed by atoms with Gasteiger partial charge < -0.3 is 20.2 Å². The smallest absolute Gasteiger partial charge is 0.407 e. The molecule has 2 aromatic rings. The van der Waals surface area contributed by atoms with E-state index in [2.05, 4.69) is 10.3 Å². The predicted molar refractivity (Wildman–Crippen MR) is 101 cm³/mol. The third-order valence-electron chi connectivity index (χ3n) is 4.95. The fourth-order valence-electron chi connectivity index (χ4n) is 3.41. The summed E-state index contributed by atoms with van der Waals surface area (Å²) < 4.78 is 0. The molecule has 0 saturated carbocycles. The lowest BCUT2D eigenvalue weighted by Crippen LogP contribution is -2.33. The maximum atomic E-state index is 12.5. The van der Waals surface area contributed by atoms with Crippen molar-refractivity contribution < 1.29 is 14.7 Å². The molecule has 4 rings (SSSR count). The molecule has 7 nitrogen and oxygen atoms in total. The summed E-state index contributed by atoms with van der Waals surface area (Å²) in [5, 5.41) is 11.9. The van der Waals surface area contributed by atoms with Gasteiger partial charge in [0.25, 0.3) is 0 Å². The van der Waals surface area contributed by atoms with Crippen LogP contribution in [0.5, 0.6) is 0 Å². The van der Waals surface area contributed by atoms with Gasteiger partial charge in [-0.25, -0.2) is 9.59 Å². The number of aromatic nitrogens is 1. The second-order valence-corrected chi connectivity index (χ2v) is 6.69. The topological polar surface area (TPSA) is 85.8 Å². The zero-order valence-electron chi connectivity index (χ0n) is 14.8. The maximum Gasteiger partial charge on any atom is 0.407 e. The number of amides is 3. The first-order chi connectivity index (χ1) is 13.1. The van der Waals surface area contributed by atoms with Gasteiger partial charge in [-0.3, -0.25) is 4.98 Å². The highest BCUT2D eigenvalue weighted by molar-refractivity contribution is 5.89. The van der Waals surface area contributed by atoms with E-state index >= 15 is 0 Å². The molecule has 0 unspecified atom stereocenters. The first kappa shape index (κ1) is 17.1. The number of nitrogens with one attached hydrogen (secondary N) is 1. The highest BCUT2D eigenvalue weighted by atomic mass is 16.4. The molecule has 138 valence electrons. The van der Waals surface area contributed by atoms with Crippen molar-refractivity contribution in [1.82, 2.24) is 14.8 Å². The summed E-state index contributed by atoms with van der Waals surface area (Å²) in [6.45, 7) is 2.07. The molecule has 3 amide bonds. The normalized spacial score (nSPS) is 15.9. The third-order valence-corrected chi connectivity index (χ3v) is 4.95. The van der Waals surface area contributed by atoms with Gasteiger partial charge in [0.05, 0.1) is 17.6 Å². The number of anilines is 1. The van der Waals surface area contributed by atoms with Crippen LogP contribution in [-0.2, 0) is 13.1 Å². The Labute approximate surface area is 156 Å². The molecule has 0 fully saturated rings. The minimum Gasteiger partial charge on any atom is -0.465 e. The average molecular weight is 364 g/mol. The van der Waals surface area contributed by atoms with Gasteiger partial charge >= 0.3 is 12.1 Å². The number of nitrogens with zero attached hydrogens (tertiary/aromatic N) is 3. The van der Waals surface area contributed by atoms with Gasteiger partial charge in [-0.15, -0.1) is 0 Å². The Bertz CT molecular complexity index is 883. The van der Waals surface area contributed by atoms with Crippen molar-refractivity contribution in [1.29, 1.82) is 0 Å². The minimum absolute atomic E-state index is 0.144. The highest BCUT2D eigenvalue weighted by Crippen LogP contribution is 2.24. The van der Waals surface area contributed by atoms with E-state index in [9.17, 15) is 9.59 Å². The summed E-state index contributed by atoms with van der Waals surface area (Å²) in [6.07, 6.45) is 3.26. The van der Waals surface area contributed by atoms with E-state index in [-0.39, 0.29) is 6.03 Å². The van der Waals surface area contributed by atoms with Gasteiger partial charge in [-0.2, -0.15) is 0 Å². The van der Waals surface area contributed by atoms with E-state index in [1.54, 1.807) is 11.1 Å². The van der Waals surface area contributed by atoms with Crippen LogP contribution in [0.15, 0.2) is 48.7 Å². The second kappa shape index (κ2) is 7.11. The monoisotopic (exact) mass is 364 g/mol. The molecule has 0 saturated heterocycles. The Morgan fingerprint density at radius 2 is 1.78 bits per heavy atom. The predicted octanol–water partition coefficient (Wildman–Crippen LogP) is 3.40. The number of rotatable bonds is 2. The fraction of sp³-hybridized carbons (Fsp3) is 0.250. The van der Waals surface area contributed by atoms with Gasteiger partial charge in [-0.1, -0.05) is 30.3 Å². The molecule has 0 spiro atoms. The number of hydrogen-bond donors (Lipinski definition) is 2. The van der Waals surface area contributed by atoms with E-state index in [1.165, 1.54) is 16.0 Å². The quantitative estimate of drug-likeness (QED) is 0.855. The van der Waals surface area contributed by atoms with Crippen molar-refractivity contribution in [3.63, 3.8) is 0 Å². The van der Waals surface area contributed by atoms with E-state index in [0.29, 0.717) is 38.3 Å². The van der Waals surface area contributed by atoms with Crippen LogP contribution in [0.2, 0.25) is 0 Å². The lowest BCUT2D eigenvalue weighted by atomic mass is 10.0. The molecule has 1 aromatic carbocycles. The molecule has 3 heterocycles. The molecular weight excluding hydrogens is 344 g/mol. The number of carboxylic acid groups (broad SMARTS) is 1. The molecule has 27 heavy (non-hydrogen) atoms. The molecule has 1 aromatic heterocycles. The molecule has 0 aliphatic carbocycles. The first-order valence-corrected chi connectivity index (χ1v) is 8.86. The summed E-state index contributed by atoms with van der Waals surface area (Å²) in [5.41, 5.74) is 4.84. The Hall–Kier alpha value is -3.35. The van der Waals surface area contributed by atoms with E-state index in [1.807, 2.05) is 42.5 Å². The molecular formula is C20H20N4O3. The van der Waals surface area contributed by atoms with Gasteiger partial charge in [0.2, 0.25) is 0 Å². The maximum absolute atomic E-state index is 12.5. The number of carbonyl (C=O) groups excluding carboxylic acids is 1. The lowest BCUT2D eigenvalue weighted by molar-refractivity contribution is 0.150. The van der Waals surface area contributed by atoms with Crippen molar-refractivity contribution in [2.45, 2.75) is 19.5 Å². The van der Waals surface area contributed by atoms with Crippen molar-refractivity contribution >= 4 is 23.4 Å². The largest absolute Gasteiger partial charge is 0.465 e. The summed E-state index contributed by atoms with van der Waals surface area (Å²) >= 11 is 0. The van der Waals surface area contributed by atoms with Gasteiger partial charge in [0, 0.05) is 26.2 Å². The standard InChI is InChI=1S/C20H20N4O3/c25-19(24-12-15-3-1-2-4-16(15)13-24)22-17-5-6-18(21-11-17)14-7-9-23(10-8-14)20(26)27/h1-7,11H,8-10,12-13H2,(H,22,25)(H,26,27). The number of benzene rings is 1. The van der Waals surface area contributed by atoms with Gasteiger partial charge in [-0.05, 0) is 35.3 Å². The number of carbonyl (C=O) groups is 2. The summed E-state index contributed by atoms with van der Waals surface area (Å²) in [5.74, 6) is 0. The SMILES string of the molecule is O=C(O)N1CC=C(c2ccc(NC(=O)N3Cc4ccccc4C3)cn2)CC1. The molecule has 2 aliphatic rings.